The van der Waals surface area contributed by atoms with E-state index >= 15 is 0 Å². The first-order chi connectivity index (χ1) is 11.5. The molecule has 1 aromatic carbocycles. The van der Waals surface area contributed by atoms with Gasteiger partial charge in [-0.25, -0.2) is 4.98 Å². The van der Waals surface area contributed by atoms with Crippen LogP contribution in [0.1, 0.15) is 41.8 Å². The van der Waals surface area contributed by atoms with Gasteiger partial charge in [0, 0.05) is 19.3 Å². The van der Waals surface area contributed by atoms with Crippen LogP contribution in [0.4, 0.5) is 0 Å². The van der Waals surface area contributed by atoms with E-state index in [1.807, 2.05) is 18.2 Å². The van der Waals surface area contributed by atoms with Crippen LogP contribution in [-0.4, -0.2) is 25.7 Å². The van der Waals surface area contributed by atoms with Crippen LogP contribution in [0.5, 0.6) is 0 Å². The normalized spacial score (nSPS) is 12.7. The second-order valence-electron chi connectivity index (χ2n) is 6.25. The van der Waals surface area contributed by atoms with Gasteiger partial charge < -0.3 is 16.0 Å². The SMILES string of the molecule is CC(C)C(N)c1ccc2nc(CNC(=O)c3ccnn3C)[nH]c2c1. The number of fused-ring (bicyclic) bond motifs is 1. The molecule has 0 aliphatic carbocycles. The number of imidazole rings is 1. The molecule has 1 atom stereocenters. The Kier molecular flexibility index (Phi) is 4.35. The molecule has 0 aliphatic rings. The fraction of sp³-hybridized carbons (Fsp3) is 0.353. The van der Waals surface area contributed by atoms with Crippen molar-refractivity contribution in [1.82, 2.24) is 25.1 Å². The molecule has 24 heavy (non-hydrogen) atoms. The van der Waals surface area contributed by atoms with Crippen LogP contribution in [0.2, 0.25) is 0 Å². The van der Waals surface area contributed by atoms with Crippen molar-refractivity contribution >= 4 is 16.9 Å². The maximum absolute atomic E-state index is 12.1. The van der Waals surface area contributed by atoms with E-state index in [9.17, 15) is 4.79 Å². The van der Waals surface area contributed by atoms with Gasteiger partial charge in [-0.3, -0.25) is 9.48 Å². The molecule has 0 radical (unpaired) electrons. The lowest BCUT2D eigenvalue weighted by Gasteiger charge is -2.15. The highest BCUT2D eigenvalue weighted by Gasteiger charge is 2.13. The zero-order valence-electron chi connectivity index (χ0n) is 14.1. The summed E-state index contributed by atoms with van der Waals surface area (Å²) in [5.41, 5.74) is 9.57. The van der Waals surface area contributed by atoms with Gasteiger partial charge in [0.15, 0.2) is 0 Å². The maximum Gasteiger partial charge on any atom is 0.269 e. The Labute approximate surface area is 140 Å². The minimum Gasteiger partial charge on any atom is -0.343 e. The van der Waals surface area contributed by atoms with Crippen LogP contribution in [-0.2, 0) is 13.6 Å². The quantitative estimate of drug-likeness (QED) is 0.666. The van der Waals surface area contributed by atoms with Crippen LogP contribution >= 0.6 is 0 Å². The number of amides is 1. The van der Waals surface area contributed by atoms with Crippen molar-refractivity contribution in [2.24, 2.45) is 18.7 Å². The Morgan fingerprint density at radius 1 is 1.38 bits per heavy atom. The lowest BCUT2D eigenvalue weighted by atomic mass is 9.97. The summed E-state index contributed by atoms with van der Waals surface area (Å²) in [4.78, 5) is 19.8. The van der Waals surface area contributed by atoms with Crippen molar-refractivity contribution in [1.29, 1.82) is 0 Å². The number of benzene rings is 1. The smallest absolute Gasteiger partial charge is 0.269 e. The number of nitrogens with one attached hydrogen (secondary N) is 2. The number of aromatic nitrogens is 4. The van der Waals surface area contributed by atoms with Gasteiger partial charge in [-0.15, -0.1) is 0 Å². The van der Waals surface area contributed by atoms with Crippen molar-refractivity contribution in [3.63, 3.8) is 0 Å². The standard InChI is InChI=1S/C17H22N6O/c1-10(2)16(18)11-4-5-12-13(8-11)22-15(21-12)9-19-17(24)14-6-7-20-23(14)3/h4-8,10,16H,9,18H2,1-3H3,(H,19,24)(H,21,22). The fourth-order valence-electron chi connectivity index (χ4n) is 2.61. The second-order valence-corrected chi connectivity index (χ2v) is 6.25. The van der Waals surface area contributed by atoms with Crippen LogP contribution in [0, 0.1) is 5.92 Å². The summed E-state index contributed by atoms with van der Waals surface area (Å²) >= 11 is 0. The number of rotatable bonds is 5. The van der Waals surface area contributed by atoms with Crippen molar-refractivity contribution in [3.8, 4) is 0 Å². The Morgan fingerprint density at radius 2 is 2.17 bits per heavy atom. The number of nitrogens with two attached hydrogens (primary N) is 1. The number of aryl methyl sites for hydroxylation is 1. The van der Waals surface area contributed by atoms with Crippen molar-refractivity contribution in [3.05, 3.63) is 47.5 Å². The molecule has 1 amide bonds. The van der Waals surface area contributed by atoms with E-state index in [-0.39, 0.29) is 11.9 Å². The number of aromatic amines is 1. The number of carbonyl (C=O) groups is 1. The first kappa shape index (κ1) is 16.2. The summed E-state index contributed by atoms with van der Waals surface area (Å²) in [5, 5.41) is 6.83. The first-order valence-corrected chi connectivity index (χ1v) is 7.96. The number of carbonyl (C=O) groups excluding carboxylic acids is 1. The monoisotopic (exact) mass is 326 g/mol. The van der Waals surface area contributed by atoms with E-state index in [2.05, 4.69) is 34.2 Å². The molecule has 126 valence electrons. The van der Waals surface area contributed by atoms with E-state index in [0.29, 0.717) is 24.0 Å². The Balaban J connectivity index is 1.74. The van der Waals surface area contributed by atoms with Gasteiger partial charge >= 0.3 is 0 Å². The second kappa shape index (κ2) is 6.45. The molecule has 3 rings (SSSR count). The van der Waals surface area contributed by atoms with E-state index in [0.717, 1.165) is 16.6 Å². The fourth-order valence-corrected chi connectivity index (χ4v) is 2.61. The summed E-state index contributed by atoms with van der Waals surface area (Å²) in [7, 11) is 1.73. The van der Waals surface area contributed by atoms with Crippen LogP contribution < -0.4 is 11.1 Å². The highest BCUT2D eigenvalue weighted by Crippen LogP contribution is 2.22. The van der Waals surface area contributed by atoms with Crippen molar-refractivity contribution in [2.75, 3.05) is 0 Å². The summed E-state index contributed by atoms with van der Waals surface area (Å²) in [6.07, 6.45) is 1.59. The predicted octanol–water partition coefficient (Wildman–Crippen LogP) is 1.88. The Hall–Kier alpha value is -2.67. The summed E-state index contributed by atoms with van der Waals surface area (Å²) in [6, 6.07) is 7.65. The predicted molar refractivity (Wildman–Crippen MR) is 92.2 cm³/mol. The third kappa shape index (κ3) is 3.16. The van der Waals surface area contributed by atoms with Gasteiger partial charge in [0.1, 0.15) is 11.5 Å². The minimum atomic E-state index is -0.182. The van der Waals surface area contributed by atoms with E-state index < -0.39 is 0 Å². The molecule has 7 heteroatoms. The van der Waals surface area contributed by atoms with Gasteiger partial charge in [-0.2, -0.15) is 5.10 Å². The molecule has 4 N–H and O–H groups in total. The molecule has 1 unspecified atom stereocenters. The molecule has 0 spiro atoms. The summed E-state index contributed by atoms with van der Waals surface area (Å²) in [6.45, 7) is 4.52. The van der Waals surface area contributed by atoms with Gasteiger partial charge in [0.05, 0.1) is 17.6 Å². The molecule has 0 bridgehead atoms. The van der Waals surface area contributed by atoms with Crippen molar-refractivity contribution < 1.29 is 4.79 Å². The molecule has 3 aromatic rings. The Bertz CT molecular complexity index is 863. The van der Waals surface area contributed by atoms with Crippen molar-refractivity contribution in [2.45, 2.75) is 26.4 Å². The zero-order chi connectivity index (χ0) is 17.3. The number of hydrogen-bond acceptors (Lipinski definition) is 4. The highest BCUT2D eigenvalue weighted by atomic mass is 16.2. The summed E-state index contributed by atoms with van der Waals surface area (Å²) in [5.74, 6) is 0.886. The topological polar surface area (TPSA) is 102 Å². The molecule has 0 saturated heterocycles. The van der Waals surface area contributed by atoms with E-state index in [1.165, 1.54) is 4.68 Å². The minimum absolute atomic E-state index is 0.00862. The molecule has 0 fully saturated rings. The van der Waals surface area contributed by atoms with E-state index in [1.54, 1.807) is 19.3 Å². The Morgan fingerprint density at radius 3 is 2.83 bits per heavy atom. The average Bonchev–Trinajstić information content (AvgIpc) is 3.16. The number of nitrogens with zero attached hydrogens (tertiary/aromatic N) is 3. The van der Waals surface area contributed by atoms with Crippen LogP contribution in [0.3, 0.4) is 0 Å². The maximum atomic E-state index is 12.1. The number of H-pyrrole nitrogens is 1. The summed E-state index contributed by atoms with van der Waals surface area (Å²) < 4.78 is 1.54. The molecular formula is C17H22N6O. The van der Waals surface area contributed by atoms with E-state index in [4.69, 9.17) is 5.73 Å². The molecular weight excluding hydrogens is 304 g/mol. The molecule has 2 heterocycles. The highest BCUT2D eigenvalue weighted by molar-refractivity contribution is 5.92. The first-order valence-electron chi connectivity index (χ1n) is 7.96. The van der Waals surface area contributed by atoms with Gasteiger partial charge in [-0.05, 0) is 29.7 Å². The number of hydrogen-bond donors (Lipinski definition) is 3. The third-order valence-electron chi connectivity index (χ3n) is 4.13. The lowest BCUT2D eigenvalue weighted by molar-refractivity contribution is 0.0940. The molecule has 7 nitrogen and oxygen atoms in total. The van der Waals surface area contributed by atoms with Gasteiger partial charge in [-0.1, -0.05) is 19.9 Å². The lowest BCUT2D eigenvalue weighted by Crippen LogP contribution is -2.25. The molecule has 0 aliphatic heterocycles. The molecule has 0 saturated carbocycles. The average molecular weight is 326 g/mol. The van der Waals surface area contributed by atoms with Crippen LogP contribution in [0.25, 0.3) is 11.0 Å². The molecule has 2 aromatic heterocycles. The van der Waals surface area contributed by atoms with Crippen LogP contribution in [0.15, 0.2) is 30.5 Å². The van der Waals surface area contributed by atoms with Gasteiger partial charge in [0.25, 0.3) is 5.91 Å². The zero-order valence-corrected chi connectivity index (χ0v) is 14.1. The third-order valence-corrected chi connectivity index (χ3v) is 4.13. The largest absolute Gasteiger partial charge is 0.343 e. The van der Waals surface area contributed by atoms with Gasteiger partial charge in [0.2, 0.25) is 0 Å².